The fourth-order valence-electron chi connectivity index (χ4n) is 2.74. The molecule has 0 amide bonds. The molecule has 1 aromatic carbocycles. The Bertz CT molecular complexity index is 1150. The van der Waals surface area contributed by atoms with Crippen LogP contribution in [0.4, 0.5) is 0 Å². The van der Waals surface area contributed by atoms with Crippen LogP contribution in [0.2, 0.25) is 5.02 Å². The van der Waals surface area contributed by atoms with Gasteiger partial charge in [-0.05, 0) is 32.0 Å². The molecular formula is C17H19ClN4O4. The molecule has 3 rings (SSSR count). The fourth-order valence-corrected chi connectivity index (χ4v) is 2.92. The minimum Gasteiger partial charge on any atom is -0.389 e. The number of hydrogen-bond donors (Lipinski definition) is 4. The van der Waals surface area contributed by atoms with Gasteiger partial charge in [0.1, 0.15) is 10.9 Å². The number of H-pyrrole nitrogens is 2. The van der Waals surface area contributed by atoms with Crippen molar-refractivity contribution in [3.05, 3.63) is 54.2 Å². The lowest BCUT2D eigenvalue weighted by Crippen LogP contribution is -2.39. The van der Waals surface area contributed by atoms with Crippen molar-refractivity contribution in [2.24, 2.45) is 0 Å². The van der Waals surface area contributed by atoms with E-state index in [1.54, 1.807) is 19.9 Å². The van der Waals surface area contributed by atoms with E-state index in [0.717, 1.165) is 4.68 Å². The molecule has 2 heterocycles. The van der Waals surface area contributed by atoms with Crippen LogP contribution in [0.5, 0.6) is 0 Å². The first-order valence-corrected chi connectivity index (χ1v) is 8.47. The average molecular weight is 379 g/mol. The molecular weight excluding hydrogens is 360 g/mol. The molecule has 8 nitrogen and oxygen atoms in total. The van der Waals surface area contributed by atoms with E-state index in [9.17, 15) is 19.5 Å². The number of nitrogens with zero attached hydrogens (tertiary/aromatic N) is 1. The summed E-state index contributed by atoms with van der Waals surface area (Å²) in [6.07, 6.45) is 0. The maximum atomic E-state index is 12.7. The highest BCUT2D eigenvalue weighted by Crippen LogP contribution is 2.16. The molecule has 26 heavy (non-hydrogen) atoms. The number of aromatic amines is 2. The maximum absolute atomic E-state index is 12.7. The second kappa shape index (κ2) is 6.71. The summed E-state index contributed by atoms with van der Waals surface area (Å²) >= 11 is 5.92. The number of aliphatic hydroxyl groups is 1. The SMILES string of the molecule is CC(C)(O)CNCCn1[nH]c(=O)c2[nH]c3cc(Cl)ccc3c(=O)c2c1=O. The molecule has 2 aromatic heterocycles. The van der Waals surface area contributed by atoms with Crippen molar-refractivity contribution < 1.29 is 5.11 Å². The molecule has 0 bridgehead atoms. The fraction of sp³-hybridized carbons (Fsp3) is 0.353. The predicted molar refractivity (Wildman–Crippen MR) is 101 cm³/mol. The summed E-state index contributed by atoms with van der Waals surface area (Å²) in [5.41, 5.74) is -2.23. The van der Waals surface area contributed by atoms with Gasteiger partial charge in [-0.25, -0.2) is 4.68 Å². The number of pyridine rings is 1. The molecule has 0 spiro atoms. The van der Waals surface area contributed by atoms with E-state index in [1.807, 2.05) is 0 Å². The summed E-state index contributed by atoms with van der Waals surface area (Å²) in [5.74, 6) is 0. The number of fused-ring (bicyclic) bond motifs is 2. The average Bonchev–Trinajstić information content (AvgIpc) is 2.54. The normalized spacial score (nSPS) is 12.2. The van der Waals surface area contributed by atoms with Gasteiger partial charge in [-0.1, -0.05) is 11.6 Å². The van der Waals surface area contributed by atoms with Crippen molar-refractivity contribution in [3.63, 3.8) is 0 Å². The summed E-state index contributed by atoms with van der Waals surface area (Å²) in [6, 6.07) is 4.60. The zero-order valence-electron chi connectivity index (χ0n) is 14.4. The predicted octanol–water partition coefficient (Wildman–Crippen LogP) is 0.545. The number of hydrogen-bond acceptors (Lipinski definition) is 5. The molecule has 4 N–H and O–H groups in total. The van der Waals surface area contributed by atoms with Gasteiger partial charge in [-0.15, -0.1) is 0 Å². The minimum atomic E-state index is -0.890. The first-order chi connectivity index (χ1) is 12.2. The molecule has 0 aliphatic carbocycles. The third-order valence-electron chi connectivity index (χ3n) is 3.96. The third-order valence-corrected chi connectivity index (χ3v) is 4.19. The summed E-state index contributed by atoms with van der Waals surface area (Å²) in [4.78, 5) is 40.6. The van der Waals surface area contributed by atoms with E-state index in [2.05, 4.69) is 15.4 Å². The Morgan fingerprint density at radius 3 is 2.69 bits per heavy atom. The zero-order chi connectivity index (χ0) is 19.1. The molecule has 0 aliphatic rings. The van der Waals surface area contributed by atoms with E-state index >= 15 is 0 Å². The zero-order valence-corrected chi connectivity index (χ0v) is 15.1. The molecule has 0 aliphatic heterocycles. The van der Waals surface area contributed by atoms with Crippen LogP contribution in [-0.2, 0) is 6.54 Å². The Morgan fingerprint density at radius 2 is 2.00 bits per heavy atom. The molecule has 9 heteroatoms. The number of aromatic nitrogens is 3. The van der Waals surface area contributed by atoms with Crippen molar-refractivity contribution in [2.75, 3.05) is 13.1 Å². The van der Waals surface area contributed by atoms with Gasteiger partial charge in [0.05, 0.1) is 17.7 Å². The van der Waals surface area contributed by atoms with Gasteiger partial charge in [-0.2, -0.15) is 0 Å². The largest absolute Gasteiger partial charge is 0.389 e. The van der Waals surface area contributed by atoms with Crippen LogP contribution in [0.3, 0.4) is 0 Å². The van der Waals surface area contributed by atoms with Crippen LogP contribution in [0.1, 0.15) is 13.8 Å². The van der Waals surface area contributed by atoms with E-state index in [0.29, 0.717) is 23.6 Å². The molecule has 0 saturated heterocycles. The molecule has 0 radical (unpaired) electrons. The van der Waals surface area contributed by atoms with Crippen LogP contribution in [0.25, 0.3) is 21.8 Å². The van der Waals surface area contributed by atoms with Crippen molar-refractivity contribution in [1.29, 1.82) is 0 Å². The molecule has 138 valence electrons. The van der Waals surface area contributed by atoms with Crippen LogP contribution >= 0.6 is 11.6 Å². The van der Waals surface area contributed by atoms with Crippen LogP contribution in [0, 0.1) is 0 Å². The van der Waals surface area contributed by atoms with Gasteiger partial charge in [0.25, 0.3) is 11.1 Å². The molecule has 0 atom stereocenters. The standard InChI is InChI=1S/C17H19ClN4O4/c1-17(2,26)8-19-5-6-22-16(25)12-13(15(24)21-22)20-11-7-9(18)3-4-10(11)14(12)23/h3-4,7,19,26H,5-6,8H2,1-2H3,(H,20,23)(H,21,24). The highest BCUT2D eigenvalue weighted by Gasteiger charge is 2.15. The number of halogens is 1. The van der Waals surface area contributed by atoms with Crippen LogP contribution < -0.4 is 21.9 Å². The van der Waals surface area contributed by atoms with E-state index in [1.165, 1.54) is 12.1 Å². The van der Waals surface area contributed by atoms with Gasteiger partial charge in [0.2, 0.25) is 5.43 Å². The summed E-state index contributed by atoms with van der Waals surface area (Å²) in [6.45, 7) is 4.12. The molecule has 0 saturated carbocycles. The Kier molecular flexibility index (Phi) is 4.74. The Morgan fingerprint density at radius 1 is 1.27 bits per heavy atom. The van der Waals surface area contributed by atoms with Crippen molar-refractivity contribution in [2.45, 2.75) is 26.0 Å². The lowest BCUT2D eigenvalue weighted by molar-refractivity contribution is 0.0796. The monoisotopic (exact) mass is 378 g/mol. The van der Waals surface area contributed by atoms with Crippen molar-refractivity contribution >= 4 is 33.4 Å². The number of rotatable bonds is 5. The van der Waals surface area contributed by atoms with Gasteiger partial charge in [0.15, 0.2) is 0 Å². The maximum Gasteiger partial charge on any atom is 0.287 e. The molecule has 0 fully saturated rings. The van der Waals surface area contributed by atoms with Gasteiger partial charge < -0.3 is 15.4 Å². The smallest absolute Gasteiger partial charge is 0.287 e. The number of benzene rings is 1. The lowest BCUT2D eigenvalue weighted by atomic mass is 10.1. The van der Waals surface area contributed by atoms with E-state index < -0.39 is 22.1 Å². The highest BCUT2D eigenvalue weighted by molar-refractivity contribution is 6.31. The van der Waals surface area contributed by atoms with Crippen LogP contribution in [0.15, 0.2) is 32.6 Å². The Labute approximate surface area is 152 Å². The van der Waals surface area contributed by atoms with Gasteiger partial charge in [0, 0.05) is 23.5 Å². The van der Waals surface area contributed by atoms with Crippen molar-refractivity contribution in [3.8, 4) is 0 Å². The molecule has 3 aromatic rings. The topological polar surface area (TPSA) is 120 Å². The Hall–Kier alpha value is -2.42. The minimum absolute atomic E-state index is 0.0736. The first-order valence-electron chi connectivity index (χ1n) is 8.09. The van der Waals surface area contributed by atoms with Crippen molar-refractivity contribution in [1.82, 2.24) is 20.1 Å². The lowest BCUT2D eigenvalue weighted by Gasteiger charge is -2.17. The quantitative estimate of drug-likeness (QED) is 0.381. The number of nitrogens with one attached hydrogen (secondary N) is 3. The molecule has 0 unspecified atom stereocenters. The summed E-state index contributed by atoms with van der Waals surface area (Å²) in [7, 11) is 0. The summed E-state index contributed by atoms with van der Waals surface area (Å²) < 4.78 is 1.10. The summed E-state index contributed by atoms with van der Waals surface area (Å²) in [5, 5.41) is 15.6. The third kappa shape index (κ3) is 3.57. The van der Waals surface area contributed by atoms with Gasteiger partial charge >= 0.3 is 0 Å². The second-order valence-corrected chi connectivity index (χ2v) is 7.22. The van der Waals surface area contributed by atoms with Gasteiger partial charge in [-0.3, -0.25) is 19.5 Å². The van der Waals surface area contributed by atoms with E-state index in [-0.39, 0.29) is 22.8 Å². The first kappa shape index (κ1) is 18.4. The van der Waals surface area contributed by atoms with Crippen LogP contribution in [-0.4, -0.2) is 38.6 Å². The highest BCUT2D eigenvalue weighted by atomic mass is 35.5. The second-order valence-electron chi connectivity index (χ2n) is 6.78. The van der Waals surface area contributed by atoms with E-state index in [4.69, 9.17) is 11.6 Å². The Balaban J connectivity index is 2.07.